The van der Waals surface area contributed by atoms with E-state index in [0.29, 0.717) is 13.2 Å². The summed E-state index contributed by atoms with van der Waals surface area (Å²) in [7, 11) is -7.39. The zero-order valence-electron chi connectivity index (χ0n) is 17.1. The van der Waals surface area contributed by atoms with Gasteiger partial charge in [-0.1, -0.05) is 23.8 Å². The number of carbonyl (C=O) groups is 1. The van der Waals surface area contributed by atoms with Gasteiger partial charge in [0.25, 0.3) is 5.91 Å². The fraction of sp³-hybridized carbons (Fsp3) is 0.350. The number of rotatable bonds is 8. The maximum absolute atomic E-state index is 12.8. The second kappa shape index (κ2) is 9.88. The largest absolute Gasteiger partial charge is 0.379 e. The Morgan fingerprint density at radius 1 is 0.968 bits per heavy atom. The van der Waals surface area contributed by atoms with Gasteiger partial charge in [-0.25, -0.2) is 21.6 Å². The van der Waals surface area contributed by atoms with Crippen LogP contribution in [0.5, 0.6) is 0 Å². The number of benzene rings is 2. The normalized spacial score (nSPS) is 15.5. The van der Waals surface area contributed by atoms with E-state index in [1.165, 1.54) is 40.7 Å². The van der Waals surface area contributed by atoms with Crippen LogP contribution in [0.15, 0.2) is 58.3 Å². The van der Waals surface area contributed by atoms with Crippen molar-refractivity contribution >= 4 is 26.0 Å². The van der Waals surface area contributed by atoms with E-state index in [0.717, 1.165) is 5.56 Å². The first-order chi connectivity index (χ1) is 14.7. The lowest BCUT2D eigenvalue weighted by Crippen LogP contribution is -2.40. The number of nitrogens with zero attached hydrogens (tertiary/aromatic N) is 1. The molecule has 31 heavy (non-hydrogen) atoms. The van der Waals surface area contributed by atoms with E-state index in [-0.39, 0.29) is 41.5 Å². The standard InChI is InChI=1S/C20H25N3O6S2/c1-16-5-7-18(8-6-16)30(25,26)22-10-9-21-20(24)17-3-2-4-19(15-17)31(27,28)23-11-13-29-14-12-23/h2-8,15,22H,9-14H2,1H3,(H,21,24). The molecule has 1 aliphatic rings. The lowest BCUT2D eigenvalue weighted by atomic mass is 10.2. The molecular weight excluding hydrogens is 442 g/mol. The van der Waals surface area contributed by atoms with Crippen molar-refractivity contribution in [3.05, 3.63) is 59.7 Å². The number of ether oxygens (including phenoxy) is 1. The number of amides is 1. The van der Waals surface area contributed by atoms with E-state index in [1.54, 1.807) is 12.1 Å². The van der Waals surface area contributed by atoms with E-state index >= 15 is 0 Å². The summed E-state index contributed by atoms with van der Waals surface area (Å²) < 4.78 is 59.0. The Labute approximate surface area is 182 Å². The molecule has 3 rings (SSSR count). The summed E-state index contributed by atoms with van der Waals surface area (Å²) in [4.78, 5) is 12.6. The molecule has 0 unspecified atom stereocenters. The van der Waals surface area contributed by atoms with Crippen LogP contribution >= 0.6 is 0 Å². The summed E-state index contributed by atoms with van der Waals surface area (Å²) in [5, 5.41) is 2.60. The first-order valence-corrected chi connectivity index (χ1v) is 12.6. The molecule has 1 amide bonds. The smallest absolute Gasteiger partial charge is 0.251 e. The molecule has 2 aromatic carbocycles. The second-order valence-electron chi connectivity index (χ2n) is 7.01. The Morgan fingerprint density at radius 3 is 2.32 bits per heavy atom. The topological polar surface area (TPSA) is 122 Å². The van der Waals surface area contributed by atoms with Gasteiger partial charge in [-0.05, 0) is 37.3 Å². The van der Waals surface area contributed by atoms with Gasteiger partial charge >= 0.3 is 0 Å². The van der Waals surface area contributed by atoms with Gasteiger partial charge in [0.15, 0.2) is 0 Å². The molecule has 0 spiro atoms. The maximum Gasteiger partial charge on any atom is 0.251 e. The van der Waals surface area contributed by atoms with Gasteiger partial charge in [-0.15, -0.1) is 0 Å². The fourth-order valence-electron chi connectivity index (χ4n) is 3.00. The molecule has 0 radical (unpaired) electrons. The third kappa shape index (κ3) is 5.89. The highest BCUT2D eigenvalue weighted by Gasteiger charge is 2.26. The van der Waals surface area contributed by atoms with E-state index in [9.17, 15) is 21.6 Å². The molecule has 9 nitrogen and oxygen atoms in total. The summed E-state index contributed by atoms with van der Waals surface area (Å²) in [5.74, 6) is -0.492. The molecular formula is C20H25N3O6S2. The van der Waals surface area contributed by atoms with Crippen molar-refractivity contribution in [3.8, 4) is 0 Å². The van der Waals surface area contributed by atoms with Gasteiger partial charge in [-0.2, -0.15) is 4.31 Å². The quantitative estimate of drug-likeness (QED) is 0.552. The summed E-state index contributed by atoms with van der Waals surface area (Å²) in [6.07, 6.45) is 0. The summed E-state index contributed by atoms with van der Waals surface area (Å²) >= 11 is 0. The third-order valence-electron chi connectivity index (χ3n) is 4.74. The minimum Gasteiger partial charge on any atom is -0.379 e. The van der Waals surface area contributed by atoms with Crippen molar-refractivity contribution in [1.82, 2.24) is 14.3 Å². The average molecular weight is 468 g/mol. The molecule has 168 valence electrons. The van der Waals surface area contributed by atoms with Crippen LogP contribution in [-0.4, -0.2) is 66.4 Å². The molecule has 11 heteroatoms. The monoisotopic (exact) mass is 467 g/mol. The first kappa shape index (κ1) is 23.4. The predicted octanol–water partition coefficient (Wildman–Crippen LogP) is 0.724. The highest BCUT2D eigenvalue weighted by molar-refractivity contribution is 7.89. The SMILES string of the molecule is Cc1ccc(S(=O)(=O)NCCNC(=O)c2cccc(S(=O)(=O)N3CCOCC3)c2)cc1. The Morgan fingerprint density at radius 2 is 1.65 bits per heavy atom. The van der Waals surface area contributed by atoms with Crippen LogP contribution in [0.2, 0.25) is 0 Å². The third-order valence-corrected chi connectivity index (χ3v) is 8.11. The van der Waals surface area contributed by atoms with Crippen LogP contribution in [0.1, 0.15) is 15.9 Å². The summed E-state index contributed by atoms with van der Waals surface area (Å²) in [6, 6.07) is 12.2. The van der Waals surface area contributed by atoms with Crippen molar-refractivity contribution in [2.24, 2.45) is 0 Å². The Hall–Kier alpha value is -2.31. The molecule has 1 saturated heterocycles. The van der Waals surface area contributed by atoms with Gasteiger partial charge in [0.05, 0.1) is 23.0 Å². The van der Waals surface area contributed by atoms with Gasteiger partial charge in [0.1, 0.15) is 0 Å². The van der Waals surface area contributed by atoms with Crippen molar-refractivity contribution in [3.63, 3.8) is 0 Å². The second-order valence-corrected chi connectivity index (χ2v) is 10.7. The van der Waals surface area contributed by atoms with E-state index in [2.05, 4.69) is 10.0 Å². The van der Waals surface area contributed by atoms with Gasteiger partial charge in [-0.3, -0.25) is 4.79 Å². The Balaban J connectivity index is 1.57. The molecule has 1 fully saturated rings. The predicted molar refractivity (Wildman–Crippen MR) is 115 cm³/mol. The van der Waals surface area contributed by atoms with Gasteiger partial charge < -0.3 is 10.1 Å². The molecule has 2 N–H and O–H groups in total. The van der Waals surface area contributed by atoms with E-state index < -0.39 is 26.0 Å². The summed E-state index contributed by atoms with van der Waals surface area (Å²) in [5.41, 5.74) is 1.12. The molecule has 1 heterocycles. The van der Waals surface area contributed by atoms with E-state index in [1.807, 2.05) is 6.92 Å². The number of sulfonamides is 2. The first-order valence-electron chi connectivity index (χ1n) is 9.73. The number of carbonyl (C=O) groups excluding carboxylic acids is 1. The van der Waals surface area contributed by atoms with Crippen molar-refractivity contribution < 1.29 is 26.4 Å². The van der Waals surface area contributed by atoms with Crippen LogP contribution < -0.4 is 10.0 Å². The number of morpholine rings is 1. The number of hydrogen-bond donors (Lipinski definition) is 2. The maximum atomic E-state index is 12.8. The van der Waals surface area contributed by atoms with Crippen LogP contribution in [-0.2, 0) is 24.8 Å². The van der Waals surface area contributed by atoms with Crippen molar-refractivity contribution in [1.29, 1.82) is 0 Å². The lowest BCUT2D eigenvalue weighted by Gasteiger charge is -2.26. The van der Waals surface area contributed by atoms with Gasteiger partial charge in [0, 0.05) is 31.7 Å². The fourth-order valence-corrected chi connectivity index (χ4v) is 5.48. The van der Waals surface area contributed by atoms with Crippen LogP contribution in [0, 0.1) is 6.92 Å². The molecule has 2 aromatic rings. The molecule has 0 aromatic heterocycles. The highest BCUT2D eigenvalue weighted by atomic mass is 32.2. The molecule has 0 aliphatic carbocycles. The minimum absolute atomic E-state index is 0.00623. The average Bonchev–Trinajstić information content (AvgIpc) is 2.77. The van der Waals surface area contributed by atoms with Crippen LogP contribution in [0.3, 0.4) is 0 Å². The molecule has 1 aliphatic heterocycles. The summed E-state index contributed by atoms with van der Waals surface area (Å²) in [6.45, 7) is 3.09. The number of aryl methyl sites for hydroxylation is 1. The zero-order valence-corrected chi connectivity index (χ0v) is 18.7. The number of hydrogen-bond acceptors (Lipinski definition) is 6. The van der Waals surface area contributed by atoms with Crippen molar-refractivity contribution in [2.45, 2.75) is 16.7 Å². The Bertz CT molecular complexity index is 1130. The molecule has 0 saturated carbocycles. The zero-order chi connectivity index (χ0) is 22.5. The van der Waals surface area contributed by atoms with Crippen LogP contribution in [0.25, 0.3) is 0 Å². The molecule has 0 atom stereocenters. The molecule has 0 bridgehead atoms. The van der Waals surface area contributed by atoms with E-state index in [4.69, 9.17) is 4.74 Å². The Kier molecular flexibility index (Phi) is 7.44. The van der Waals surface area contributed by atoms with Crippen molar-refractivity contribution in [2.75, 3.05) is 39.4 Å². The minimum atomic E-state index is -3.71. The van der Waals surface area contributed by atoms with Gasteiger partial charge in [0.2, 0.25) is 20.0 Å². The van der Waals surface area contributed by atoms with Crippen LogP contribution in [0.4, 0.5) is 0 Å². The number of nitrogens with one attached hydrogen (secondary N) is 2. The lowest BCUT2D eigenvalue weighted by molar-refractivity contribution is 0.0730. The highest BCUT2D eigenvalue weighted by Crippen LogP contribution is 2.18.